The first-order valence-electron chi connectivity index (χ1n) is 5.76. The van der Waals surface area contributed by atoms with E-state index in [0.29, 0.717) is 16.9 Å². The van der Waals surface area contributed by atoms with E-state index in [2.05, 4.69) is 0 Å². The van der Waals surface area contributed by atoms with Crippen LogP contribution in [0.15, 0.2) is 18.2 Å². The van der Waals surface area contributed by atoms with E-state index >= 15 is 0 Å². The number of hydrogen-bond acceptors (Lipinski definition) is 4. The monoisotopic (exact) mass is 259 g/mol. The summed E-state index contributed by atoms with van der Waals surface area (Å²) in [6.45, 7) is 1.51. The molecule has 0 spiro atoms. The number of amides is 1. The van der Waals surface area contributed by atoms with Crippen molar-refractivity contribution in [2.24, 2.45) is 0 Å². The molecular weight excluding hydrogens is 246 g/mol. The molecule has 6 nitrogen and oxygen atoms in total. The molecule has 0 saturated carbocycles. The molecule has 1 amide bonds. The van der Waals surface area contributed by atoms with Gasteiger partial charge in [-0.15, -0.1) is 0 Å². The summed E-state index contributed by atoms with van der Waals surface area (Å²) in [5.41, 5.74) is 1.64. The van der Waals surface area contributed by atoms with Crippen LogP contribution in [-0.4, -0.2) is 36.6 Å². The fourth-order valence-corrected chi connectivity index (χ4v) is 2.06. The molecule has 1 N–H and O–H groups in total. The van der Waals surface area contributed by atoms with Crippen LogP contribution in [-0.2, 0) is 9.59 Å². The Morgan fingerprint density at radius 3 is 2.74 bits per heavy atom. The van der Waals surface area contributed by atoms with Gasteiger partial charge in [0.25, 0.3) is 0 Å². The molecule has 0 bridgehead atoms. The molecule has 1 aliphatic heterocycles. The minimum absolute atomic E-state index is 0.00809. The summed E-state index contributed by atoms with van der Waals surface area (Å²) in [7, 11) is 1.63. The summed E-state index contributed by atoms with van der Waals surface area (Å²) in [5.74, 6) is -1.18. The molecule has 0 aliphatic carbocycles. The molecule has 98 valence electrons. The molecule has 6 heteroatoms. The second-order valence-electron chi connectivity index (χ2n) is 4.41. The number of fused-ring (bicyclic) bond motifs is 1. The van der Waals surface area contributed by atoms with Crippen molar-refractivity contribution in [3.05, 3.63) is 23.8 Å². The van der Waals surface area contributed by atoms with Gasteiger partial charge < -0.3 is 14.9 Å². The predicted octanol–water partition coefficient (Wildman–Crippen LogP) is 0.814. The molecule has 1 aromatic rings. The second-order valence-corrected chi connectivity index (χ2v) is 4.41. The SMILES string of the molecule is CC(C(=O)O)N1CC(=O)N(C)c2ccc(C#N)cc21. The fourth-order valence-electron chi connectivity index (χ4n) is 2.06. The van der Waals surface area contributed by atoms with Crippen LogP contribution in [0, 0.1) is 11.3 Å². The van der Waals surface area contributed by atoms with Crippen LogP contribution < -0.4 is 9.80 Å². The number of nitriles is 1. The van der Waals surface area contributed by atoms with Crippen molar-refractivity contribution in [2.45, 2.75) is 13.0 Å². The third-order valence-corrected chi connectivity index (χ3v) is 3.28. The summed E-state index contributed by atoms with van der Waals surface area (Å²) in [5, 5.41) is 18.0. The summed E-state index contributed by atoms with van der Waals surface area (Å²) in [6.07, 6.45) is 0. The number of benzene rings is 1. The van der Waals surface area contributed by atoms with Gasteiger partial charge in [-0.25, -0.2) is 4.79 Å². The van der Waals surface area contributed by atoms with Crippen molar-refractivity contribution in [2.75, 3.05) is 23.4 Å². The van der Waals surface area contributed by atoms with Gasteiger partial charge in [0, 0.05) is 7.05 Å². The topological polar surface area (TPSA) is 84.6 Å². The molecule has 1 aromatic carbocycles. The van der Waals surface area contributed by atoms with E-state index in [1.54, 1.807) is 25.2 Å². The van der Waals surface area contributed by atoms with Crippen molar-refractivity contribution >= 4 is 23.3 Å². The van der Waals surface area contributed by atoms with E-state index in [4.69, 9.17) is 10.4 Å². The number of anilines is 2. The maximum atomic E-state index is 11.9. The van der Waals surface area contributed by atoms with Gasteiger partial charge in [0.15, 0.2) is 0 Å². The van der Waals surface area contributed by atoms with E-state index in [-0.39, 0.29) is 12.5 Å². The number of carboxylic acid groups (broad SMARTS) is 1. The highest BCUT2D eigenvalue weighted by atomic mass is 16.4. The Hall–Kier alpha value is -2.55. The summed E-state index contributed by atoms with van der Waals surface area (Å²) < 4.78 is 0. The molecule has 0 aromatic heterocycles. The number of aliphatic carboxylic acids is 1. The second kappa shape index (κ2) is 4.61. The van der Waals surface area contributed by atoms with Gasteiger partial charge in [-0.05, 0) is 25.1 Å². The Bertz CT molecular complexity index is 591. The number of hydrogen-bond donors (Lipinski definition) is 1. The van der Waals surface area contributed by atoms with Crippen LogP contribution in [0.4, 0.5) is 11.4 Å². The molecule has 1 aliphatic rings. The van der Waals surface area contributed by atoms with E-state index in [9.17, 15) is 9.59 Å². The van der Waals surface area contributed by atoms with Gasteiger partial charge in [0.05, 0.1) is 29.6 Å². The molecule has 0 radical (unpaired) electrons. The van der Waals surface area contributed by atoms with Crippen LogP contribution in [0.1, 0.15) is 12.5 Å². The van der Waals surface area contributed by atoms with Gasteiger partial charge in [-0.3, -0.25) is 4.79 Å². The molecule has 1 atom stereocenters. The zero-order chi connectivity index (χ0) is 14.2. The van der Waals surface area contributed by atoms with E-state index in [1.807, 2.05) is 6.07 Å². The highest BCUT2D eigenvalue weighted by Gasteiger charge is 2.32. The molecule has 0 saturated heterocycles. The number of carbonyl (C=O) groups excluding carboxylic acids is 1. The maximum Gasteiger partial charge on any atom is 0.326 e. The average Bonchev–Trinajstić information content (AvgIpc) is 2.41. The largest absolute Gasteiger partial charge is 0.480 e. The molecule has 1 heterocycles. The van der Waals surface area contributed by atoms with Crippen molar-refractivity contribution in [1.29, 1.82) is 5.26 Å². The summed E-state index contributed by atoms with van der Waals surface area (Å²) in [6, 6.07) is 6.06. The Morgan fingerprint density at radius 1 is 1.47 bits per heavy atom. The molecule has 0 fully saturated rings. The molecule has 1 unspecified atom stereocenters. The zero-order valence-corrected chi connectivity index (χ0v) is 10.6. The molecule has 19 heavy (non-hydrogen) atoms. The van der Waals surface area contributed by atoms with Gasteiger partial charge in [-0.2, -0.15) is 5.26 Å². The number of likely N-dealkylation sites (N-methyl/N-ethyl adjacent to an activating group) is 1. The van der Waals surface area contributed by atoms with Gasteiger partial charge in [-0.1, -0.05) is 0 Å². The van der Waals surface area contributed by atoms with Crippen molar-refractivity contribution in [3.63, 3.8) is 0 Å². The van der Waals surface area contributed by atoms with E-state index < -0.39 is 12.0 Å². The Kier molecular flexibility index (Phi) is 3.13. The third kappa shape index (κ3) is 2.10. The van der Waals surface area contributed by atoms with Crippen molar-refractivity contribution < 1.29 is 14.7 Å². The van der Waals surface area contributed by atoms with Crippen LogP contribution >= 0.6 is 0 Å². The lowest BCUT2D eigenvalue weighted by atomic mass is 10.1. The molecule has 2 rings (SSSR count). The first-order chi connectivity index (χ1) is 8.95. The summed E-state index contributed by atoms with van der Waals surface area (Å²) >= 11 is 0. The third-order valence-electron chi connectivity index (χ3n) is 3.28. The normalized spacial score (nSPS) is 15.7. The average molecular weight is 259 g/mol. The summed E-state index contributed by atoms with van der Waals surface area (Å²) in [4.78, 5) is 26.0. The minimum atomic E-state index is -1.01. The van der Waals surface area contributed by atoms with E-state index in [0.717, 1.165) is 0 Å². The zero-order valence-electron chi connectivity index (χ0n) is 10.6. The highest BCUT2D eigenvalue weighted by Crippen LogP contribution is 2.34. The van der Waals surface area contributed by atoms with Crippen molar-refractivity contribution in [1.82, 2.24) is 0 Å². The number of nitrogens with zero attached hydrogens (tertiary/aromatic N) is 3. The standard InChI is InChI=1S/C13H13N3O3/c1-8(13(18)19)16-7-12(17)15(2)10-4-3-9(6-14)5-11(10)16/h3-5,8H,7H2,1-2H3,(H,18,19). The Balaban J connectivity index is 2.56. The molecular formula is C13H13N3O3. The lowest BCUT2D eigenvalue weighted by Gasteiger charge is -2.37. The quantitative estimate of drug-likeness (QED) is 0.849. The van der Waals surface area contributed by atoms with Crippen LogP contribution in [0.3, 0.4) is 0 Å². The first-order valence-corrected chi connectivity index (χ1v) is 5.76. The smallest absolute Gasteiger partial charge is 0.326 e. The Morgan fingerprint density at radius 2 is 2.16 bits per heavy atom. The number of rotatable bonds is 2. The predicted molar refractivity (Wildman–Crippen MR) is 69.0 cm³/mol. The van der Waals surface area contributed by atoms with Crippen molar-refractivity contribution in [3.8, 4) is 6.07 Å². The Labute approximate surface area is 110 Å². The fraction of sp³-hybridized carbons (Fsp3) is 0.308. The van der Waals surface area contributed by atoms with E-state index in [1.165, 1.54) is 16.7 Å². The van der Waals surface area contributed by atoms with Gasteiger partial charge in [0.1, 0.15) is 6.04 Å². The maximum absolute atomic E-state index is 11.9. The van der Waals surface area contributed by atoms with Crippen LogP contribution in [0.2, 0.25) is 0 Å². The van der Waals surface area contributed by atoms with Gasteiger partial charge >= 0.3 is 5.97 Å². The first kappa shape index (κ1) is 12.9. The number of carboxylic acids is 1. The lowest BCUT2D eigenvalue weighted by Crippen LogP contribution is -2.50. The lowest BCUT2D eigenvalue weighted by molar-refractivity contribution is -0.138. The van der Waals surface area contributed by atoms with Crippen LogP contribution in [0.5, 0.6) is 0 Å². The van der Waals surface area contributed by atoms with Gasteiger partial charge in [0.2, 0.25) is 5.91 Å². The highest BCUT2D eigenvalue weighted by molar-refractivity contribution is 6.04. The van der Waals surface area contributed by atoms with Crippen LogP contribution in [0.25, 0.3) is 0 Å². The number of carbonyl (C=O) groups is 2. The minimum Gasteiger partial charge on any atom is -0.480 e.